The molecule has 0 aliphatic heterocycles. The van der Waals surface area contributed by atoms with Gasteiger partial charge in [0.05, 0.1) is 11.9 Å². The second-order valence-corrected chi connectivity index (χ2v) is 8.22. The van der Waals surface area contributed by atoms with Crippen LogP contribution in [0, 0.1) is 18.6 Å². The van der Waals surface area contributed by atoms with Crippen LogP contribution in [0.3, 0.4) is 0 Å². The normalized spacial score (nSPS) is 11.3. The zero-order valence-electron chi connectivity index (χ0n) is 16.2. The number of aryl methyl sites for hydroxylation is 2. The van der Waals surface area contributed by atoms with Gasteiger partial charge in [0, 0.05) is 16.9 Å². The molecule has 0 saturated carbocycles. The SMILES string of the molecule is CCCc1nc2sc(C)c(-c3ccc(F)cc3)c2c(=O)n1Cc1cccc(F)c1. The van der Waals surface area contributed by atoms with Crippen LogP contribution >= 0.6 is 11.3 Å². The van der Waals surface area contributed by atoms with Crippen molar-refractivity contribution in [2.24, 2.45) is 0 Å². The number of hydrogen-bond acceptors (Lipinski definition) is 3. The number of aromatic nitrogens is 2. The van der Waals surface area contributed by atoms with Crippen molar-refractivity contribution >= 4 is 21.6 Å². The summed E-state index contributed by atoms with van der Waals surface area (Å²) in [5.74, 6) is 0.0407. The fraction of sp³-hybridized carbons (Fsp3) is 0.217. The van der Waals surface area contributed by atoms with Gasteiger partial charge in [-0.2, -0.15) is 0 Å². The Hall–Kier alpha value is -2.86. The summed E-state index contributed by atoms with van der Waals surface area (Å²) in [6, 6.07) is 12.4. The van der Waals surface area contributed by atoms with E-state index in [1.165, 1.54) is 35.6 Å². The monoisotopic (exact) mass is 410 g/mol. The smallest absolute Gasteiger partial charge is 0.263 e. The van der Waals surface area contributed by atoms with E-state index in [0.717, 1.165) is 22.4 Å². The van der Waals surface area contributed by atoms with Crippen molar-refractivity contribution in [2.45, 2.75) is 33.2 Å². The highest BCUT2D eigenvalue weighted by atomic mass is 32.1. The van der Waals surface area contributed by atoms with Crippen molar-refractivity contribution in [3.8, 4) is 11.1 Å². The van der Waals surface area contributed by atoms with Crippen LogP contribution in [0.2, 0.25) is 0 Å². The molecule has 0 atom stereocenters. The van der Waals surface area contributed by atoms with Crippen LogP contribution in [0.4, 0.5) is 8.78 Å². The zero-order chi connectivity index (χ0) is 20.5. The topological polar surface area (TPSA) is 34.9 Å². The number of hydrogen-bond donors (Lipinski definition) is 0. The minimum Gasteiger partial charge on any atom is -0.292 e. The lowest BCUT2D eigenvalue weighted by molar-refractivity contribution is 0.618. The molecule has 0 saturated heterocycles. The molecule has 4 aromatic rings. The number of rotatable bonds is 5. The van der Waals surface area contributed by atoms with Crippen LogP contribution in [-0.2, 0) is 13.0 Å². The van der Waals surface area contributed by atoms with Gasteiger partial charge < -0.3 is 0 Å². The molecule has 29 heavy (non-hydrogen) atoms. The summed E-state index contributed by atoms with van der Waals surface area (Å²) in [6.45, 7) is 4.24. The molecular formula is C23H20F2N2OS. The number of nitrogens with zero attached hydrogens (tertiary/aromatic N) is 2. The van der Waals surface area contributed by atoms with E-state index in [1.807, 2.05) is 13.8 Å². The van der Waals surface area contributed by atoms with Crippen molar-refractivity contribution in [2.75, 3.05) is 0 Å². The molecule has 0 fully saturated rings. The molecule has 6 heteroatoms. The minimum atomic E-state index is -0.333. The quantitative estimate of drug-likeness (QED) is 0.422. The molecule has 0 aliphatic carbocycles. The van der Waals surface area contributed by atoms with E-state index in [0.29, 0.717) is 28.0 Å². The van der Waals surface area contributed by atoms with Gasteiger partial charge in [-0.25, -0.2) is 13.8 Å². The summed E-state index contributed by atoms with van der Waals surface area (Å²) < 4.78 is 28.7. The van der Waals surface area contributed by atoms with E-state index in [4.69, 9.17) is 4.98 Å². The number of benzene rings is 2. The van der Waals surface area contributed by atoms with Crippen molar-refractivity contribution in [3.63, 3.8) is 0 Å². The third kappa shape index (κ3) is 3.72. The summed E-state index contributed by atoms with van der Waals surface area (Å²) in [6.07, 6.45) is 1.50. The van der Waals surface area contributed by atoms with Crippen molar-refractivity contribution < 1.29 is 8.78 Å². The maximum absolute atomic E-state index is 13.7. The summed E-state index contributed by atoms with van der Waals surface area (Å²) in [4.78, 5) is 20.0. The molecule has 2 aromatic heterocycles. The van der Waals surface area contributed by atoms with E-state index in [-0.39, 0.29) is 23.7 Å². The Labute approximate surface area is 171 Å². The average molecular weight is 410 g/mol. The molecule has 3 nitrogen and oxygen atoms in total. The first kappa shape index (κ1) is 19.5. The molecule has 4 rings (SSSR count). The lowest BCUT2D eigenvalue weighted by Crippen LogP contribution is -2.26. The maximum atomic E-state index is 13.7. The van der Waals surface area contributed by atoms with Crippen LogP contribution in [-0.4, -0.2) is 9.55 Å². The standard InChI is InChI=1S/C23H20F2N2OS/c1-3-5-19-26-22-21(20(14(2)29-22)16-8-10-17(24)11-9-16)23(28)27(19)13-15-6-4-7-18(25)12-15/h4,6-12H,3,5,13H2,1-2H3. The fourth-order valence-electron chi connectivity index (χ4n) is 3.60. The molecule has 0 spiro atoms. The zero-order valence-corrected chi connectivity index (χ0v) is 17.0. The molecule has 148 valence electrons. The lowest BCUT2D eigenvalue weighted by atomic mass is 10.0. The summed E-state index contributed by atoms with van der Waals surface area (Å²) >= 11 is 1.47. The first-order chi connectivity index (χ1) is 14.0. The molecule has 0 bridgehead atoms. The van der Waals surface area contributed by atoms with Gasteiger partial charge >= 0.3 is 0 Å². The lowest BCUT2D eigenvalue weighted by Gasteiger charge is -2.13. The van der Waals surface area contributed by atoms with E-state index in [2.05, 4.69) is 0 Å². The van der Waals surface area contributed by atoms with Crippen LogP contribution in [0.1, 0.15) is 29.6 Å². The molecule has 2 aromatic carbocycles. The van der Waals surface area contributed by atoms with Gasteiger partial charge in [-0.15, -0.1) is 11.3 Å². The van der Waals surface area contributed by atoms with E-state index >= 15 is 0 Å². The highest BCUT2D eigenvalue weighted by Crippen LogP contribution is 2.36. The van der Waals surface area contributed by atoms with Gasteiger partial charge in [-0.3, -0.25) is 9.36 Å². The number of halogens is 2. The van der Waals surface area contributed by atoms with Crippen molar-refractivity contribution in [1.29, 1.82) is 0 Å². The van der Waals surface area contributed by atoms with Crippen LogP contribution in [0.5, 0.6) is 0 Å². The van der Waals surface area contributed by atoms with Gasteiger partial charge in [0.2, 0.25) is 0 Å². The van der Waals surface area contributed by atoms with E-state index < -0.39 is 0 Å². The van der Waals surface area contributed by atoms with E-state index in [9.17, 15) is 13.6 Å². The molecule has 0 amide bonds. The first-order valence-electron chi connectivity index (χ1n) is 9.51. The van der Waals surface area contributed by atoms with Gasteiger partial charge in [-0.05, 0) is 48.7 Å². The largest absolute Gasteiger partial charge is 0.292 e. The average Bonchev–Trinajstić information content (AvgIpc) is 3.02. The number of thiophene rings is 1. The van der Waals surface area contributed by atoms with Crippen LogP contribution < -0.4 is 5.56 Å². The van der Waals surface area contributed by atoms with E-state index in [1.54, 1.807) is 28.8 Å². The van der Waals surface area contributed by atoms with Crippen molar-refractivity contribution in [1.82, 2.24) is 9.55 Å². The molecule has 0 aliphatic rings. The second-order valence-electron chi connectivity index (χ2n) is 7.02. The second kappa shape index (κ2) is 7.87. The van der Waals surface area contributed by atoms with Crippen molar-refractivity contribution in [3.05, 3.63) is 86.8 Å². The summed E-state index contributed by atoms with van der Waals surface area (Å²) in [7, 11) is 0. The Bertz CT molecular complexity index is 1240. The Morgan fingerprint density at radius 3 is 2.52 bits per heavy atom. The van der Waals surface area contributed by atoms with Gasteiger partial charge in [-0.1, -0.05) is 31.2 Å². The highest BCUT2D eigenvalue weighted by Gasteiger charge is 2.20. The molecular weight excluding hydrogens is 390 g/mol. The third-order valence-electron chi connectivity index (χ3n) is 4.90. The fourth-order valence-corrected chi connectivity index (χ4v) is 4.65. The Morgan fingerprint density at radius 2 is 1.83 bits per heavy atom. The van der Waals surface area contributed by atoms with Crippen LogP contribution in [0.15, 0.2) is 53.3 Å². The van der Waals surface area contributed by atoms with Gasteiger partial charge in [0.15, 0.2) is 0 Å². The van der Waals surface area contributed by atoms with Gasteiger partial charge in [0.1, 0.15) is 22.3 Å². The Kier molecular flexibility index (Phi) is 5.28. The molecule has 0 radical (unpaired) electrons. The summed E-state index contributed by atoms with van der Waals surface area (Å²) in [5, 5.41) is 0.537. The first-order valence-corrected chi connectivity index (χ1v) is 10.3. The Balaban J connectivity index is 1.95. The number of fused-ring (bicyclic) bond motifs is 1. The summed E-state index contributed by atoms with van der Waals surface area (Å²) in [5.41, 5.74) is 2.14. The molecule has 2 heterocycles. The maximum Gasteiger partial charge on any atom is 0.263 e. The predicted molar refractivity (Wildman–Crippen MR) is 114 cm³/mol. The molecule has 0 N–H and O–H groups in total. The Morgan fingerprint density at radius 1 is 1.07 bits per heavy atom. The highest BCUT2D eigenvalue weighted by molar-refractivity contribution is 7.19. The molecule has 0 unspecified atom stereocenters. The third-order valence-corrected chi connectivity index (χ3v) is 5.90. The predicted octanol–water partition coefficient (Wildman–Crippen LogP) is 5.71. The van der Waals surface area contributed by atoms with Crippen LogP contribution in [0.25, 0.3) is 21.3 Å². The minimum absolute atomic E-state index is 0.147. The van der Waals surface area contributed by atoms with Gasteiger partial charge in [0.25, 0.3) is 5.56 Å².